The second-order valence-electron chi connectivity index (χ2n) is 7.10. The number of hydrogen-bond acceptors (Lipinski definition) is 4. The van der Waals surface area contributed by atoms with Crippen molar-refractivity contribution < 1.29 is 16.8 Å². The molecule has 28 heavy (non-hydrogen) atoms. The van der Waals surface area contributed by atoms with E-state index >= 15 is 0 Å². The quantitative estimate of drug-likeness (QED) is 0.462. The Bertz CT molecular complexity index is 861. The van der Waals surface area contributed by atoms with Crippen LogP contribution in [0.2, 0.25) is 0 Å². The van der Waals surface area contributed by atoms with Crippen LogP contribution in [0.15, 0.2) is 58.3 Å². The summed E-state index contributed by atoms with van der Waals surface area (Å²) < 4.78 is 49.4. The van der Waals surface area contributed by atoms with E-state index in [4.69, 9.17) is 0 Å². The van der Waals surface area contributed by atoms with Crippen molar-refractivity contribution in [3.8, 4) is 11.1 Å². The minimum Gasteiger partial charge on any atom is -0.224 e. The van der Waals surface area contributed by atoms with Gasteiger partial charge in [0, 0.05) is 0 Å². The molecular weight excluding hydrogens is 392 g/mol. The SMILES string of the molecule is CCCCCS(=O)(=O)c1ccc(-c2ccc(S(=O)(=O)CCCCC)cc2)cc1. The fourth-order valence-electron chi connectivity index (χ4n) is 3.03. The highest BCUT2D eigenvalue weighted by Crippen LogP contribution is 2.24. The highest BCUT2D eigenvalue weighted by atomic mass is 32.2. The molecule has 0 amide bonds. The molecule has 0 aliphatic rings. The summed E-state index contributed by atoms with van der Waals surface area (Å²) in [4.78, 5) is 0.671. The Morgan fingerprint density at radius 2 is 0.857 bits per heavy atom. The Morgan fingerprint density at radius 1 is 0.536 bits per heavy atom. The third-order valence-electron chi connectivity index (χ3n) is 4.79. The Kier molecular flexibility index (Phi) is 8.25. The summed E-state index contributed by atoms with van der Waals surface area (Å²) in [5, 5.41) is 0. The van der Waals surface area contributed by atoms with Gasteiger partial charge in [0.15, 0.2) is 19.7 Å². The molecule has 154 valence electrons. The van der Waals surface area contributed by atoms with Gasteiger partial charge in [0.1, 0.15) is 0 Å². The summed E-state index contributed by atoms with van der Waals surface area (Å²) >= 11 is 0. The Morgan fingerprint density at radius 3 is 1.14 bits per heavy atom. The lowest BCUT2D eigenvalue weighted by Gasteiger charge is -2.08. The van der Waals surface area contributed by atoms with Crippen molar-refractivity contribution in [2.75, 3.05) is 11.5 Å². The maximum absolute atomic E-state index is 12.4. The van der Waals surface area contributed by atoms with E-state index in [2.05, 4.69) is 0 Å². The maximum Gasteiger partial charge on any atom is 0.178 e. The average Bonchev–Trinajstić information content (AvgIpc) is 2.68. The third-order valence-corrected chi connectivity index (χ3v) is 8.43. The van der Waals surface area contributed by atoms with Crippen LogP contribution >= 0.6 is 0 Å². The largest absolute Gasteiger partial charge is 0.224 e. The van der Waals surface area contributed by atoms with E-state index in [-0.39, 0.29) is 11.5 Å². The standard InChI is InChI=1S/C22H30O4S2/c1-3-5-7-17-27(23,24)21-13-9-19(10-14-21)20-11-15-22(16-12-20)28(25,26)18-8-6-4-2/h9-16H,3-8,17-18H2,1-2H3. The summed E-state index contributed by atoms with van der Waals surface area (Å²) in [6.45, 7) is 4.09. The van der Waals surface area contributed by atoms with E-state index in [0.717, 1.165) is 36.8 Å². The van der Waals surface area contributed by atoms with Gasteiger partial charge in [-0.3, -0.25) is 0 Å². The Balaban J connectivity index is 2.12. The summed E-state index contributed by atoms with van der Waals surface area (Å²) in [6, 6.07) is 13.6. The number of sulfone groups is 2. The Labute approximate surface area is 169 Å². The monoisotopic (exact) mass is 422 g/mol. The molecule has 2 aromatic carbocycles. The number of rotatable bonds is 11. The van der Waals surface area contributed by atoms with Crippen molar-refractivity contribution in [1.82, 2.24) is 0 Å². The molecule has 0 bridgehead atoms. The minimum absolute atomic E-state index is 0.171. The van der Waals surface area contributed by atoms with Gasteiger partial charge < -0.3 is 0 Å². The van der Waals surface area contributed by atoms with E-state index in [9.17, 15) is 16.8 Å². The fraction of sp³-hybridized carbons (Fsp3) is 0.455. The third kappa shape index (κ3) is 6.17. The molecule has 0 atom stereocenters. The zero-order chi connectivity index (χ0) is 20.6. The first-order valence-corrected chi connectivity index (χ1v) is 13.3. The van der Waals surface area contributed by atoms with Gasteiger partial charge in [0.05, 0.1) is 21.3 Å². The molecule has 0 heterocycles. The van der Waals surface area contributed by atoms with Gasteiger partial charge in [0.2, 0.25) is 0 Å². The minimum atomic E-state index is -3.25. The van der Waals surface area contributed by atoms with Crippen LogP contribution in [0.5, 0.6) is 0 Å². The second-order valence-corrected chi connectivity index (χ2v) is 11.3. The van der Waals surface area contributed by atoms with Crippen molar-refractivity contribution in [3.05, 3.63) is 48.5 Å². The zero-order valence-corrected chi connectivity index (χ0v) is 18.4. The lowest BCUT2D eigenvalue weighted by Crippen LogP contribution is -2.07. The first-order chi connectivity index (χ1) is 13.3. The predicted molar refractivity (Wildman–Crippen MR) is 115 cm³/mol. The van der Waals surface area contributed by atoms with E-state index < -0.39 is 19.7 Å². The van der Waals surface area contributed by atoms with E-state index in [1.807, 2.05) is 13.8 Å². The molecule has 2 rings (SSSR count). The highest BCUT2D eigenvalue weighted by molar-refractivity contribution is 7.91. The maximum atomic E-state index is 12.4. The van der Waals surface area contributed by atoms with Gasteiger partial charge in [-0.15, -0.1) is 0 Å². The topological polar surface area (TPSA) is 68.3 Å². The van der Waals surface area contributed by atoms with Crippen LogP contribution in [0.25, 0.3) is 11.1 Å². The van der Waals surface area contributed by atoms with Gasteiger partial charge in [-0.25, -0.2) is 16.8 Å². The fourth-order valence-corrected chi connectivity index (χ4v) is 5.77. The van der Waals surface area contributed by atoms with Crippen LogP contribution in [0.3, 0.4) is 0 Å². The average molecular weight is 423 g/mol. The molecule has 0 saturated carbocycles. The lowest BCUT2D eigenvalue weighted by molar-refractivity contribution is 0.589. The van der Waals surface area contributed by atoms with Crippen molar-refractivity contribution >= 4 is 19.7 Å². The van der Waals surface area contributed by atoms with Gasteiger partial charge >= 0.3 is 0 Å². The van der Waals surface area contributed by atoms with Crippen LogP contribution in [-0.2, 0) is 19.7 Å². The molecule has 0 aliphatic heterocycles. The van der Waals surface area contributed by atoms with Crippen LogP contribution in [0.1, 0.15) is 52.4 Å². The smallest absolute Gasteiger partial charge is 0.178 e. The first-order valence-electron chi connectivity index (χ1n) is 9.96. The highest BCUT2D eigenvalue weighted by Gasteiger charge is 2.15. The molecule has 0 saturated heterocycles. The molecule has 6 heteroatoms. The molecule has 0 radical (unpaired) electrons. The van der Waals surface area contributed by atoms with Gasteiger partial charge in [-0.05, 0) is 48.2 Å². The van der Waals surface area contributed by atoms with Gasteiger partial charge in [-0.2, -0.15) is 0 Å². The molecule has 0 unspecified atom stereocenters. The van der Waals surface area contributed by atoms with Crippen LogP contribution < -0.4 is 0 Å². The molecular formula is C22H30O4S2. The van der Waals surface area contributed by atoms with Crippen LogP contribution in [0, 0.1) is 0 Å². The lowest BCUT2D eigenvalue weighted by atomic mass is 10.1. The second kappa shape index (κ2) is 10.2. The van der Waals surface area contributed by atoms with Gasteiger partial charge in [0.25, 0.3) is 0 Å². The van der Waals surface area contributed by atoms with E-state index in [0.29, 0.717) is 22.6 Å². The molecule has 0 N–H and O–H groups in total. The number of unbranched alkanes of at least 4 members (excludes halogenated alkanes) is 4. The molecule has 4 nitrogen and oxygen atoms in total. The van der Waals surface area contributed by atoms with Crippen molar-refractivity contribution in [2.45, 2.75) is 62.2 Å². The van der Waals surface area contributed by atoms with Gasteiger partial charge in [-0.1, -0.05) is 63.8 Å². The van der Waals surface area contributed by atoms with Crippen molar-refractivity contribution in [3.63, 3.8) is 0 Å². The number of benzene rings is 2. The van der Waals surface area contributed by atoms with E-state index in [1.54, 1.807) is 48.5 Å². The summed E-state index contributed by atoms with van der Waals surface area (Å²) in [5.74, 6) is 0.343. The van der Waals surface area contributed by atoms with Crippen molar-refractivity contribution in [1.29, 1.82) is 0 Å². The van der Waals surface area contributed by atoms with Crippen molar-refractivity contribution in [2.24, 2.45) is 0 Å². The zero-order valence-electron chi connectivity index (χ0n) is 16.7. The molecule has 0 aromatic heterocycles. The molecule has 0 spiro atoms. The predicted octanol–water partition coefficient (Wildman–Crippen LogP) is 5.28. The summed E-state index contributed by atoms with van der Waals surface area (Å²) in [5.41, 5.74) is 1.73. The normalized spacial score (nSPS) is 12.2. The first kappa shape index (κ1) is 22.6. The van der Waals surface area contributed by atoms with E-state index in [1.165, 1.54) is 0 Å². The Hall–Kier alpha value is -1.66. The summed E-state index contributed by atoms with van der Waals surface area (Å²) in [7, 11) is -6.50. The van der Waals surface area contributed by atoms with Crippen LogP contribution in [0.4, 0.5) is 0 Å². The molecule has 2 aromatic rings. The number of hydrogen-bond donors (Lipinski definition) is 0. The summed E-state index contributed by atoms with van der Waals surface area (Å²) in [6.07, 6.45) is 5.14. The van der Waals surface area contributed by atoms with Crippen LogP contribution in [-0.4, -0.2) is 28.3 Å². The molecule has 0 fully saturated rings. The molecule has 0 aliphatic carbocycles.